The number of rotatable bonds is 3. The maximum Gasteiger partial charge on any atom is 0.293 e. The third-order valence-electron chi connectivity index (χ3n) is 3.33. The summed E-state index contributed by atoms with van der Waals surface area (Å²) in [5, 5.41) is -0.306. The molecule has 0 bridgehead atoms. The van der Waals surface area contributed by atoms with E-state index in [0.29, 0.717) is 10.5 Å². The van der Waals surface area contributed by atoms with E-state index in [2.05, 4.69) is 15.9 Å². The fourth-order valence-electron chi connectivity index (χ4n) is 2.14. The standard InChI is InChI=1S/C17H11BrFNO2S/c18-14-4-2-1-3-12(14)10-20-16(21)15(23-17(20)22)9-11-5-7-13(19)8-6-11/h1-9H,10H2/b15-9-. The fraction of sp³-hybridized carbons (Fsp3) is 0.0588. The van der Waals surface area contributed by atoms with E-state index in [0.717, 1.165) is 21.8 Å². The molecule has 0 spiro atoms. The molecule has 0 atom stereocenters. The molecule has 1 fully saturated rings. The van der Waals surface area contributed by atoms with Gasteiger partial charge in [0.05, 0.1) is 11.4 Å². The Hall–Kier alpha value is -1.92. The van der Waals surface area contributed by atoms with Crippen molar-refractivity contribution in [2.45, 2.75) is 6.54 Å². The van der Waals surface area contributed by atoms with Gasteiger partial charge in [0.1, 0.15) is 5.82 Å². The van der Waals surface area contributed by atoms with E-state index in [4.69, 9.17) is 0 Å². The zero-order chi connectivity index (χ0) is 16.4. The molecule has 2 amide bonds. The molecule has 2 aromatic carbocycles. The molecule has 1 aliphatic heterocycles. The van der Waals surface area contributed by atoms with Gasteiger partial charge in [-0.2, -0.15) is 0 Å². The lowest BCUT2D eigenvalue weighted by molar-refractivity contribution is -0.123. The molecule has 0 radical (unpaired) electrons. The zero-order valence-electron chi connectivity index (χ0n) is 11.8. The van der Waals surface area contributed by atoms with Crippen molar-refractivity contribution < 1.29 is 14.0 Å². The highest BCUT2D eigenvalue weighted by atomic mass is 79.9. The molecule has 0 aromatic heterocycles. The number of carbonyl (C=O) groups excluding carboxylic acids is 2. The van der Waals surface area contributed by atoms with Crippen LogP contribution in [-0.4, -0.2) is 16.0 Å². The Balaban J connectivity index is 1.82. The molecule has 116 valence electrons. The molecule has 0 saturated carbocycles. The summed E-state index contributed by atoms with van der Waals surface area (Å²) in [5.41, 5.74) is 1.54. The Kier molecular flexibility index (Phi) is 4.63. The molecule has 0 unspecified atom stereocenters. The number of benzene rings is 2. The number of hydrogen-bond donors (Lipinski definition) is 0. The first kappa shape index (κ1) is 16.0. The van der Waals surface area contributed by atoms with E-state index in [1.807, 2.05) is 24.3 Å². The van der Waals surface area contributed by atoms with Crippen LogP contribution in [0.1, 0.15) is 11.1 Å². The van der Waals surface area contributed by atoms with E-state index in [9.17, 15) is 14.0 Å². The number of hydrogen-bond acceptors (Lipinski definition) is 3. The second-order valence-electron chi connectivity index (χ2n) is 4.91. The number of nitrogens with zero attached hydrogens (tertiary/aromatic N) is 1. The third kappa shape index (κ3) is 3.54. The lowest BCUT2D eigenvalue weighted by atomic mass is 10.2. The predicted molar refractivity (Wildman–Crippen MR) is 92.1 cm³/mol. The smallest absolute Gasteiger partial charge is 0.268 e. The van der Waals surface area contributed by atoms with Gasteiger partial charge in [-0.1, -0.05) is 46.3 Å². The monoisotopic (exact) mass is 391 g/mol. The van der Waals surface area contributed by atoms with Crippen molar-refractivity contribution in [2.24, 2.45) is 0 Å². The minimum Gasteiger partial charge on any atom is -0.268 e. The summed E-state index contributed by atoms with van der Waals surface area (Å²) in [5.74, 6) is -0.677. The highest BCUT2D eigenvalue weighted by Crippen LogP contribution is 2.34. The van der Waals surface area contributed by atoms with Crippen LogP contribution in [-0.2, 0) is 11.3 Å². The van der Waals surface area contributed by atoms with Crippen LogP contribution in [0, 0.1) is 5.82 Å². The average Bonchev–Trinajstić information content (AvgIpc) is 2.79. The number of halogens is 2. The summed E-state index contributed by atoms with van der Waals surface area (Å²) in [7, 11) is 0. The first-order chi connectivity index (χ1) is 11.0. The van der Waals surface area contributed by atoms with Crippen LogP contribution >= 0.6 is 27.7 Å². The van der Waals surface area contributed by atoms with E-state index in [1.165, 1.54) is 17.0 Å². The molecular formula is C17H11BrFNO2S. The Morgan fingerprint density at radius 1 is 1.09 bits per heavy atom. The summed E-state index contributed by atoms with van der Waals surface area (Å²) in [4.78, 5) is 26.1. The minimum absolute atomic E-state index is 0.215. The second-order valence-corrected chi connectivity index (χ2v) is 6.76. The predicted octanol–water partition coefficient (Wildman–Crippen LogP) is 4.82. The van der Waals surface area contributed by atoms with Gasteiger partial charge >= 0.3 is 0 Å². The summed E-state index contributed by atoms with van der Waals surface area (Å²) >= 11 is 4.31. The van der Waals surface area contributed by atoms with Gasteiger partial charge in [0.15, 0.2) is 0 Å². The van der Waals surface area contributed by atoms with Crippen LogP contribution in [0.15, 0.2) is 57.9 Å². The van der Waals surface area contributed by atoms with Gasteiger partial charge in [0, 0.05) is 4.47 Å². The lowest BCUT2D eigenvalue weighted by Gasteiger charge is -2.13. The zero-order valence-corrected chi connectivity index (χ0v) is 14.2. The van der Waals surface area contributed by atoms with Gasteiger partial charge in [-0.05, 0) is 47.2 Å². The third-order valence-corrected chi connectivity index (χ3v) is 5.01. The molecule has 2 aromatic rings. The van der Waals surface area contributed by atoms with Crippen LogP contribution in [0.25, 0.3) is 6.08 Å². The van der Waals surface area contributed by atoms with Crippen LogP contribution < -0.4 is 0 Å². The van der Waals surface area contributed by atoms with Crippen molar-refractivity contribution in [1.29, 1.82) is 0 Å². The summed E-state index contributed by atoms with van der Waals surface area (Å²) in [6, 6.07) is 13.2. The number of thioether (sulfide) groups is 1. The summed E-state index contributed by atoms with van der Waals surface area (Å²) in [6.07, 6.45) is 1.60. The topological polar surface area (TPSA) is 37.4 Å². The van der Waals surface area contributed by atoms with E-state index < -0.39 is 0 Å². The molecule has 1 heterocycles. The van der Waals surface area contributed by atoms with Crippen LogP contribution in [0.4, 0.5) is 9.18 Å². The van der Waals surface area contributed by atoms with Gasteiger partial charge in [-0.15, -0.1) is 0 Å². The van der Waals surface area contributed by atoms with Crippen molar-refractivity contribution >= 4 is 44.9 Å². The van der Waals surface area contributed by atoms with Gasteiger partial charge in [-0.25, -0.2) is 4.39 Å². The summed E-state index contributed by atoms with van der Waals surface area (Å²) in [6.45, 7) is 0.215. The van der Waals surface area contributed by atoms with Gasteiger partial charge in [0.2, 0.25) is 0 Å². The van der Waals surface area contributed by atoms with Gasteiger partial charge < -0.3 is 0 Å². The molecule has 6 heteroatoms. The molecule has 3 nitrogen and oxygen atoms in total. The number of imide groups is 1. The van der Waals surface area contributed by atoms with Crippen molar-refractivity contribution in [1.82, 2.24) is 4.90 Å². The highest BCUT2D eigenvalue weighted by Gasteiger charge is 2.35. The highest BCUT2D eigenvalue weighted by molar-refractivity contribution is 9.10. The van der Waals surface area contributed by atoms with Crippen LogP contribution in [0.3, 0.4) is 0 Å². The van der Waals surface area contributed by atoms with Crippen molar-refractivity contribution in [2.75, 3.05) is 0 Å². The first-order valence-corrected chi connectivity index (χ1v) is 8.40. The molecule has 0 aliphatic carbocycles. The Morgan fingerprint density at radius 2 is 1.78 bits per heavy atom. The van der Waals surface area contributed by atoms with E-state index in [1.54, 1.807) is 18.2 Å². The SMILES string of the molecule is O=C1S/C(=C\c2ccc(F)cc2)C(=O)N1Cc1ccccc1Br. The molecule has 1 saturated heterocycles. The lowest BCUT2D eigenvalue weighted by Crippen LogP contribution is -2.27. The Bertz CT molecular complexity index is 804. The maximum absolute atomic E-state index is 12.9. The average molecular weight is 392 g/mol. The summed E-state index contributed by atoms with van der Waals surface area (Å²) < 4.78 is 13.8. The van der Waals surface area contributed by atoms with Gasteiger partial charge in [-0.3, -0.25) is 14.5 Å². The first-order valence-electron chi connectivity index (χ1n) is 6.79. The van der Waals surface area contributed by atoms with E-state index >= 15 is 0 Å². The Morgan fingerprint density at radius 3 is 2.48 bits per heavy atom. The van der Waals surface area contributed by atoms with Gasteiger partial charge in [0.25, 0.3) is 11.1 Å². The Labute approximate surface area is 145 Å². The molecular weight excluding hydrogens is 381 g/mol. The van der Waals surface area contributed by atoms with Crippen LogP contribution in [0.5, 0.6) is 0 Å². The fourth-order valence-corrected chi connectivity index (χ4v) is 3.39. The normalized spacial score (nSPS) is 16.4. The molecule has 23 heavy (non-hydrogen) atoms. The quantitative estimate of drug-likeness (QED) is 0.703. The minimum atomic E-state index is -0.343. The molecule has 0 N–H and O–H groups in total. The molecule has 1 aliphatic rings. The van der Waals surface area contributed by atoms with Crippen molar-refractivity contribution in [3.63, 3.8) is 0 Å². The maximum atomic E-state index is 12.9. The number of carbonyl (C=O) groups is 2. The van der Waals surface area contributed by atoms with Crippen molar-refractivity contribution in [3.05, 3.63) is 74.9 Å². The van der Waals surface area contributed by atoms with E-state index in [-0.39, 0.29) is 23.5 Å². The largest absolute Gasteiger partial charge is 0.293 e. The van der Waals surface area contributed by atoms with Crippen LogP contribution in [0.2, 0.25) is 0 Å². The second kappa shape index (κ2) is 6.68. The van der Waals surface area contributed by atoms with Crippen molar-refractivity contribution in [3.8, 4) is 0 Å². The molecule has 3 rings (SSSR count). The number of amides is 2.